The summed E-state index contributed by atoms with van der Waals surface area (Å²) < 4.78 is 2.19. The lowest BCUT2D eigenvalue weighted by molar-refractivity contribution is 0.147. The van der Waals surface area contributed by atoms with Crippen molar-refractivity contribution in [2.24, 2.45) is 17.3 Å². The third-order valence-electron chi connectivity index (χ3n) is 7.39. The first-order chi connectivity index (χ1) is 12.5. The van der Waals surface area contributed by atoms with Gasteiger partial charge in [0.15, 0.2) is 0 Å². The van der Waals surface area contributed by atoms with E-state index in [9.17, 15) is 0 Å². The molecule has 1 nitrogen and oxygen atoms in total. The highest BCUT2D eigenvalue weighted by Gasteiger charge is 2.42. The van der Waals surface area contributed by atoms with Crippen LogP contribution in [0.5, 0.6) is 0 Å². The van der Waals surface area contributed by atoms with Gasteiger partial charge < -0.3 is 4.57 Å². The topological polar surface area (TPSA) is 4.93 Å². The molecule has 0 radical (unpaired) electrons. The summed E-state index contributed by atoms with van der Waals surface area (Å²) in [6, 6.07) is 13.5. The molecule has 142 valence electrons. The van der Waals surface area contributed by atoms with Gasteiger partial charge in [-0.25, -0.2) is 0 Å². The molecule has 1 aliphatic carbocycles. The highest BCUT2D eigenvalue weighted by molar-refractivity contribution is 5.36. The van der Waals surface area contributed by atoms with Gasteiger partial charge in [-0.15, -0.1) is 0 Å². The van der Waals surface area contributed by atoms with Crippen LogP contribution in [0, 0.1) is 17.3 Å². The summed E-state index contributed by atoms with van der Waals surface area (Å²) in [5, 5.41) is 0. The minimum Gasteiger partial charge on any atom is -0.324 e. The Morgan fingerprint density at radius 1 is 1.00 bits per heavy atom. The zero-order chi connectivity index (χ0) is 18.6. The van der Waals surface area contributed by atoms with Crippen LogP contribution in [0.2, 0.25) is 0 Å². The van der Waals surface area contributed by atoms with E-state index in [1.165, 1.54) is 50.6 Å². The monoisotopic (exact) mass is 351 g/mol. The molecule has 1 aromatic carbocycles. The standard InChI is InChI=1S/C25H37N/c1-5-6-7-10-23(19-25(4)20(2)11-12-21(25)3)22-13-15-24(16-14-22)26-17-8-9-18-26/h8-9,13-18,20-21,23H,5-7,10-12,19H2,1-4H3. The maximum Gasteiger partial charge on any atom is 0.0449 e. The molecule has 0 spiro atoms. The zero-order valence-electron chi connectivity index (χ0n) is 17.2. The van der Waals surface area contributed by atoms with Crippen LogP contribution < -0.4 is 0 Å². The van der Waals surface area contributed by atoms with E-state index in [1.54, 1.807) is 5.56 Å². The van der Waals surface area contributed by atoms with E-state index >= 15 is 0 Å². The van der Waals surface area contributed by atoms with Gasteiger partial charge >= 0.3 is 0 Å². The van der Waals surface area contributed by atoms with Gasteiger partial charge in [-0.2, -0.15) is 0 Å². The van der Waals surface area contributed by atoms with Gasteiger partial charge in [0.05, 0.1) is 0 Å². The summed E-state index contributed by atoms with van der Waals surface area (Å²) in [4.78, 5) is 0. The highest BCUT2D eigenvalue weighted by atomic mass is 14.9. The van der Waals surface area contributed by atoms with Crippen LogP contribution in [0.3, 0.4) is 0 Å². The van der Waals surface area contributed by atoms with Gasteiger partial charge in [-0.05, 0) is 78.7 Å². The van der Waals surface area contributed by atoms with Crippen molar-refractivity contribution in [1.29, 1.82) is 0 Å². The van der Waals surface area contributed by atoms with Crippen molar-refractivity contribution >= 4 is 0 Å². The van der Waals surface area contributed by atoms with E-state index in [0.29, 0.717) is 11.3 Å². The molecule has 3 atom stereocenters. The van der Waals surface area contributed by atoms with Crippen LogP contribution >= 0.6 is 0 Å². The fraction of sp³-hybridized carbons (Fsp3) is 0.600. The molecule has 0 saturated heterocycles. The van der Waals surface area contributed by atoms with Crippen molar-refractivity contribution < 1.29 is 0 Å². The van der Waals surface area contributed by atoms with Crippen LogP contribution in [0.1, 0.15) is 84.1 Å². The van der Waals surface area contributed by atoms with Crippen molar-refractivity contribution in [2.45, 2.75) is 78.6 Å². The predicted molar refractivity (Wildman–Crippen MR) is 113 cm³/mol. The fourth-order valence-electron chi connectivity index (χ4n) is 5.03. The Balaban J connectivity index is 1.79. The largest absolute Gasteiger partial charge is 0.324 e. The summed E-state index contributed by atoms with van der Waals surface area (Å²) in [5.74, 6) is 2.41. The van der Waals surface area contributed by atoms with Gasteiger partial charge in [0.25, 0.3) is 0 Å². The van der Waals surface area contributed by atoms with Crippen LogP contribution in [-0.4, -0.2) is 4.57 Å². The number of benzene rings is 1. The van der Waals surface area contributed by atoms with Gasteiger partial charge in [0.1, 0.15) is 0 Å². The molecule has 26 heavy (non-hydrogen) atoms. The number of hydrogen-bond acceptors (Lipinski definition) is 0. The number of aromatic nitrogens is 1. The first-order valence-corrected chi connectivity index (χ1v) is 10.8. The summed E-state index contributed by atoms with van der Waals surface area (Å²) in [5.41, 5.74) is 3.31. The highest BCUT2D eigenvalue weighted by Crippen LogP contribution is 2.53. The molecule has 0 amide bonds. The Hall–Kier alpha value is -1.50. The molecule has 0 aliphatic heterocycles. The second-order valence-electron chi connectivity index (χ2n) is 8.96. The van der Waals surface area contributed by atoms with Crippen LogP contribution in [0.15, 0.2) is 48.8 Å². The lowest BCUT2D eigenvalue weighted by atomic mass is 9.67. The normalized spacial score (nSPS) is 26.9. The Morgan fingerprint density at radius 3 is 2.19 bits per heavy atom. The lowest BCUT2D eigenvalue weighted by Crippen LogP contribution is -2.28. The second kappa shape index (κ2) is 8.46. The van der Waals surface area contributed by atoms with Gasteiger partial charge in [-0.3, -0.25) is 0 Å². The molecule has 2 aromatic rings. The number of unbranched alkanes of at least 4 members (excludes halogenated alkanes) is 2. The van der Waals surface area contributed by atoms with E-state index in [0.717, 1.165) is 11.8 Å². The molecular formula is C25H37N. The molecular weight excluding hydrogens is 314 g/mol. The molecule has 3 unspecified atom stereocenters. The first-order valence-electron chi connectivity index (χ1n) is 10.8. The average molecular weight is 352 g/mol. The molecule has 0 bridgehead atoms. The van der Waals surface area contributed by atoms with E-state index in [2.05, 4.69) is 81.1 Å². The third-order valence-corrected chi connectivity index (χ3v) is 7.39. The Labute approximate surface area is 160 Å². The summed E-state index contributed by atoms with van der Waals surface area (Å²) in [7, 11) is 0. The SMILES string of the molecule is CCCCCC(CC1(C)C(C)CCC1C)c1ccc(-n2cccc2)cc1. The van der Waals surface area contributed by atoms with Gasteiger partial charge in [0.2, 0.25) is 0 Å². The van der Waals surface area contributed by atoms with Gasteiger partial charge in [0, 0.05) is 18.1 Å². The van der Waals surface area contributed by atoms with E-state index in [-0.39, 0.29) is 0 Å². The number of nitrogens with zero attached hydrogens (tertiary/aromatic N) is 1. The molecule has 0 N–H and O–H groups in total. The Bertz CT molecular complexity index is 642. The molecule has 1 aromatic heterocycles. The fourth-order valence-corrected chi connectivity index (χ4v) is 5.03. The maximum absolute atomic E-state index is 2.57. The minimum atomic E-state index is 0.496. The molecule has 3 rings (SSSR count). The van der Waals surface area contributed by atoms with Crippen molar-refractivity contribution in [3.63, 3.8) is 0 Å². The van der Waals surface area contributed by atoms with Crippen molar-refractivity contribution in [2.75, 3.05) is 0 Å². The molecule has 1 fully saturated rings. The molecule has 1 heteroatoms. The van der Waals surface area contributed by atoms with Crippen LogP contribution in [0.4, 0.5) is 0 Å². The molecule has 1 aliphatic rings. The van der Waals surface area contributed by atoms with Crippen molar-refractivity contribution in [1.82, 2.24) is 4.57 Å². The zero-order valence-corrected chi connectivity index (χ0v) is 17.2. The quantitative estimate of drug-likeness (QED) is 0.431. The smallest absolute Gasteiger partial charge is 0.0449 e. The Kier molecular flexibility index (Phi) is 6.27. The average Bonchev–Trinajstić information content (AvgIpc) is 3.27. The van der Waals surface area contributed by atoms with Crippen molar-refractivity contribution in [3.05, 3.63) is 54.4 Å². The lowest BCUT2D eigenvalue weighted by Gasteiger charge is -2.38. The molecule has 1 heterocycles. The summed E-state index contributed by atoms with van der Waals surface area (Å²) >= 11 is 0. The number of rotatable bonds is 8. The van der Waals surface area contributed by atoms with E-state index in [4.69, 9.17) is 0 Å². The number of hydrogen-bond donors (Lipinski definition) is 0. The Morgan fingerprint density at radius 2 is 1.62 bits per heavy atom. The summed E-state index contributed by atoms with van der Waals surface area (Å²) in [6.07, 6.45) is 13.8. The molecule has 1 saturated carbocycles. The van der Waals surface area contributed by atoms with Crippen LogP contribution in [-0.2, 0) is 0 Å². The summed E-state index contributed by atoms with van der Waals surface area (Å²) in [6.45, 7) is 9.85. The van der Waals surface area contributed by atoms with E-state index < -0.39 is 0 Å². The first kappa shape index (κ1) is 19.3. The minimum absolute atomic E-state index is 0.496. The van der Waals surface area contributed by atoms with Gasteiger partial charge in [-0.1, -0.05) is 59.1 Å². The second-order valence-corrected chi connectivity index (χ2v) is 8.96. The van der Waals surface area contributed by atoms with E-state index in [1.807, 2.05) is 0 Å². The van der Waals surface area contributed by atoms with Crippen molar-refractivity contribution in [3.8, 4) is 5.69 Å². The predicted octanol–water partition coefficient (Wildman–Crippen LogP) is 7.60. The third kappa shape index (κ3) is 4.08. The maximum atomic E-state index is 2.57. The van der Waals surface area contributed by atoms with Crippen LogP contribution in [0.25, 0.3) is 5.69 Å².